The van der Waals surface area contributed by atoms with Gasteiger partial charge in [-0.2, -0.15) is 0 Å². The average molecular weight is 384 g/mol. The number of non-ortho nitro benzene ring substituents is 2. The Labute approximate surface area is 158 Å². The number of nitrogens with one attached hydrogen (secondary N) is 2. The second-order valence-corrected chi connectivity index (χ2v) is 6.50. The van der Waals surface area contributed by atoms with E-state index in [9.17, 15) is 29.8 Å². The lowest BCUT2D eigenvalue weighted by Gasteiger charge is -2.11. The number of anilines is 2. The molecule has 0 radical (unpaired) electrons. The number of hydrogen-bond acceptors (Lipinski definition) is 6. The first-order valence-corrected chi connectivity index (χ1v) is 8.41. The van der Waals surface area contributed by atoms with Gasteiger partial charge in [0, 0.05) is 29.4 Å². The number of nitro benzene ring substituents is 2. The zero-order valence-corrected chi connectivity index (χ0v) is 14.8. The predicted octanol–water partition coefficient (Wildman–Crippen LogP) is 3.41. The minimum atomic E-state index is -0.803. The van der Waals surface area contributed by atoms with E-state index in [2.05, 4.69) is 10.6 Å². The first kappa shape index (κ1) is 19.0. The zero-order chi connectivity index (χ0) is 20.4. The highest BCUT2D eigenvalue weighted by atomic mass is 16.6. The number of benzene rings is 2. The Bertz CT molecular complexity index is 967. The molecule has 0 aromatic heterocycles. The van der Waals surface area contributed by atoms with Crippen molar-refractivity contribution in [3.63, 3.8) is 0 Å². The minimum absolute atomic E-state index is 0.0183. The fraction of sp³-hybridized carbons (Fsp3) is 0.222. The SMILES string of the molecule is Cc1ccc(NC(=O)C2CC2)cc1NC(=O)c1cc([N+](=O)[O-])cc([N+](=O)[O-])c1. The summed E-state index contributed by atoms with van der Waals surface area (Å²) in [6, 6.07) is 7.69. The topological polar surface area (TPSA) is 144 Å². The monoisotopic (exact) mass is 384 g/mol. The second kappa shape index (κ2) is 7.43. The summed E-state index contributed by atoms with van der Waals surface area (Å²) in [6.07, 6.45) is 1.71. The van der Waals surface area contributed by atoms with Gasteiger partial charge in [-0.05, 0) is 37.5 Å². The molecule has 0 atom stereocenters. The first-order chi connectivity index (χ1) is 13.2. The van der Waals surface area contributed by atoms with Gasteiger partial charge in [-0.1, -0.05) is 6.07 Å². The second-order valence-electron chi connectivity index (χ2n) is 6.50. The normalized spacial score (nSPS) is 12.9. The number of nitro groups is 2. The van der Waals surface area contributed by atoms with Gasteiger partial charge in [0.1, 0.15) is 0 Å². The van der Waals surface area contributed by atoms with Crippen LogP contribution >= 0.6 is 0 Å². The van der Waals surface area contributed by atoms with Gasteiger partial charge in [-0.25, -0.2) is 0 Å². The van der Waals surface area contributed by atoms with Crippen LogP contribution in [-0.2, 0) is 4.79 Å². The molecule has 2 aromatic carbocycles. The van der Waals surface area contributed by atoms with Gasteiger partial charge in [-0.3, -0.25) is 29.8 Å². The van der Waals surface area contributed by atoms with E-state index in [1.54, 1.807) is 25.1 Å². The summed E-state index contributed by atoms with van der Waals surface area (Å²) in [5.41, 5.74) is 0.254. The third-order valence-corrected chi connectivity index (χ3v) is 4.29. The van der Waals surface area contributed by atoms with Crippen LogP contribution in [0, 0.1) is 33.1 Å². The van der Waals surface area contributed by atoms with E-state index in [1.165, 1.54) is 0 Å². The van der Waals surface area contributed by atoms with Gasteiger partial charge >= 0.3 is 0 Å². The summed E-state index contributed by atoms with van der Waals surface area (Å²) in [7, 11) is 0. The Hall–Kier alpha value is -3.82. The molecule has 144 valence electrons. The fourth-order valence-electron chi connectivity index (χ4n) is 2.56. The third kappa shape index (κ3) is 4.29. The summed E-state index contributed by atoms with van der Waals surface area (Å²) in [5, 5.41) is 27.3. The van der Waals surface area contributed by atoms with Crippen molar-refractivity contribution in [3.8, 4) is 0 Å². The smallest absolute Gasteiger partial charge is 0.277 e. The van der Waals surface area contributed by atoms with Gasteiger partial charge in [-0.15, -0.1) is 0 Å². The van der Waals surface area contributed by atoms with Gasteiger partial charge in [0.25, 0.3) is 17.3 Å². The van der Waals surface area contributed by atoms with Crippen LogP contribution in [0.15, 0.2) is 36.4 Å². The molecule has 0 saturated heterocycles. The lowest BCUT2D eigenvalue weighted by atomic mass is 10.1. The number of amides is 2. The van der Waals surface area contributed by atoms with Crippen molar-refractivity contribution in [2.75, 3.05) is 10.6 Å². The Morgan fingerprint density at radius 2 is 1.57 bits per heavy atom. The molecule has 10 nitrogen and oxygen atoms in total. The summed E-state index contributed by atoms with van der Waals surface area (Å²) >= 11 is 0. The summed E-state index contributed by atoms with van der Waals surface area (Å²) < 4.78 is 0. The van der Waals surface area contributed by atoms with E-state index >= 15 is 0 Å². The van der Waals surface area contributed by atoms with Crippen LogP contribution in [0.25, 0.3) is 0 Å². The van der Waals surface area contributed by atoms with Crippen molar-refractivity contribution in [3.05, 3.63) is 67.8 Å². The molecule has 1 fully saturated rings. The van der Waals surface area contributed by atoms with E-state index in [4.69, 9.17) is 0 Å². The van der Waals surface area contributed by atoms with Crippen molar-refractivity contribution in [1.29, 1.82) is 0 Å². The Morgan fingerprint density at radius 3 is 2.11 bits per heavy atom. The molecular weight excluding hydrogens is 368 g/mol. The van der Waals surface area contributed by atoms with Crippen LogP contribution in [0.5, 0.6) is 0 Å². The molecule has 1 aliphatic rings. The highest BCUT2D eigenvalue weighted by molar-refractivity contribution is 6.06. The standard InChI is InChI=1S/C18H16N4O6/c1-10-2-5-13(19-17(23)11-3-4-11)8-16(10)20-18(24)12-6-14(21(25)26)9-15(7-12)22(27)28/h2,5-9,11H,3-4H2,1H3,(H,19,23)(H,20,24). The first-order valence-electron chi connectivity index (χ1n) is 8.41. The Kier molecular flexibility index (Phi) is 5.03. The fourth-order valence-corrected chi connectivity index (χ4v) is 2.56. The number of carbonyl (C=O) groups excluding carboxylic acids is 2. The van der Waals surface area contributed by atoms with E-state index in [0.29, 0.717) is 16.9 Å². The summed E-state index contributed by atoms with van der Waals surface area (Å²) in [5.74, 6) is -0.805. The summed E-state index contributed by atoms with van der Waals surface area (Å²) in [6.45, 7) is 1.73. The quantitative estimate of drug-likeness (QED) is 0.577. The lowest BCUT2D eigenvalue weighted by Crippen LogP contribution is -2.15. The van der Waals surface area contributed by atoms with Crippen molar-refractivity contribution in [1.82, 2.24) is 0 Å². The van der Waals surface area contributed by atoms with E-state index in [-0.39, 0.29) is 17.4 Å². The molecule has 0 aliphatic heterocycles. The zero-order valence-electron chi connectivity index (χ0n) is 14.8. The van der Waals surface area contributed by atoms with Gasteiger partial charge in [0.2, 0.25) is 5.91 Å². The molecule has 10 heteroatoms. The predicted molar refractivity (Wildman–Crippen MR) is 100 cm³/mol. The average Bonchev–Trinajstić information content (AvgIpc) is 3.49. The maximum atomic E-state index is 12.5. The lowest BCUT2D eigenvalue weighted by molar-refractivity contribution is -0.394. The number of rotatable bonds is 6. The van der Waals surface area contributed by atoms with Crippen LogP contribution in [0.4, 0.5) is 22.7 Å². The van der Waals surface area contributed by atoms with Gasteiger partial charge < -0.3 is 10.6 Å². The molecule has 0 unspecified atom stereocenters. The molecule has 28 heavy (non-hydrogen) atoms. The van der Waals surface area contributed by atoms with Crippen LogP contribution in [-0.4, -0.2) is 21.7 Å². The number of nitrogens with zero attached hydrogens (tertiary/aromatic N) is 2. The molecule has 2 amide bonds. The Balaban J connectivity index is 1.85. The highest BCUT2D eigenvalue weighted by Gasteiger charge is 2.29. The molecule has 0 spiro atoms. The van der Waals surface area contributed by atoms with Gasteiger partial charge in [0.05, 0.1) is 21.5 Å². The molecule has 0 heterocycles. The Morgan fingerprint density at radius 1 is 0.964 bits per heavy atom. The number of aryl methyl sites for hydroxylation is 1. The molecule has 2 aromatic rings. The van der Waals surface area contributed by atoms with Crippen LogP contribution < -0.4 is 10.6 Å². The van der Waals surface area contributed by atoms with E-state index in [1.807, 2.05) is 0 Å². The summed E-state index contributed by atoms with van der Waals surface area (Å²) in [4.78, 5) is 44.8. The van der Waals surface area contributed by atoms with Crippen LogP contribution in [0.2, 0.25) is 0 Å². The maximum Gasteiger partial charge on any atom is 0.277 e. The van der Waals surface area contributed by atoms with Crippen molar-refractivity contribution in [2.24, 2.45) is 5.92 Å². The molecule has 1 saturated carbocycles. The van der Waals surface area contributed by atoms with Crippen LogP contribution in [0.3, 0.4) is 0 Å². The van der Waals surface area contributed by atoms with Crippen molar-refractivity contribution >= 4 is 34.6 Å². The van der Waals surface area contributed by atoms with Crippen molar-refractivity contribution < 1.29 is 19.4 Å². The number of carbonyl (C=O) groups is 2. The molecular formula is C18H16N4O6. The molecule has 1 aliphatic carbocycles. The largest absolute Gasteiger partial charge is 0.326 e. The molecule has 2 N–H and O–H groups in total. The molecule has 0 bridgehead atoms. The highest BCUT2D eigenvalue weighted by Crippen LogP contribution is 2.31. The van der Waals surface area contributed by atoms with E-state index in [0.717, 1.165) is 31.0 Å². The minimum Gasteiger partial charge on any atom is -0.326 e. The van der Waals surface area contributed by atoms with Crippen molar-refractivity contribution in [2.45, 2.75) is 19.8 Å². The van der Waals surface area contributed by atoms with E-state index < -0.39 is 27.1 Å². The maximum absolute atomic E-state index is 12.5. The van der Waals surface area contributed by atoms with Crippen LogP contribution in [0.1, 0.15) is 28.8 Å². The van der Waals surface area contributed by atoms with Gasteiger partial charge in [0.15, 0.2) is 0 Å². The molecule has 3 rings (SSSR count). The third-order valence-electron chi connectivity index (χ3n) is 4.29. The number of hydrogen-bond donors (Lipinski definition) is 2.